The fourth-order valence-electron chi connectivity index (χ4n) is 2.25. The lowest BCUT2D eigenvalue weighted by molar-refractivity contribution is 0.387. The molecule has 1 fully saturated rings. The third-order valence-corrected chi connectivity index (χ3v) is 5.34. The van der Waals surface area contributed by atoms with Crippen molar-refractivity contribution in [3.8, 4) is 5.75 Å². The first kappa shape index (κ1) is 17.2. The summed E-state index contributed by atoms with van der Waals surface area (Å²) in [6.45, 7) is 1.61. The number of nitrogens with zero attached hydrogens (tertiary/aromatic N) is 1. The second-order valence-electron chi connectivity index (χ2n) is 4.77. The Morgan fingerprint density at radius 2 is 2.20 bits per heavy atom. The van der Waals surface area contributed by atoms with Crippen LogP contribution in [0.1, 0.15) is 12.0 Å². The van der Waals surface area contributed by atoms with Crippen molar-refractivity contribution in [3.63, 3.8) is 0 Å². The number of sulfonamides is 1. The molecule has 0 bridgehead atoms. The first-order valence-electron chi connectivity index (χ1n) is 6.32. The van der Waals surface area contributed by atoms with Gasteiger partial charge >= 0.3 is 0 Å². The Kier molecular flexibility index (Phi) is 6.26. The molecular formula is C13H21ClN2O3S. The Morgan fingerprint density at radius 1 is 1.45 bits per heavy atom. The van der Waals surface area contributed by atoms with Crippen molar-refractivity contribution in [2.24, 2.45) is 0 Å². The van der Waals surface area contributed by atoms with Crippen LogP contribution in [0.25, 0.3) is 0 Å². The average Bonchev–Trinajstić information content (AvgIpc) is 2.91. The Hall–Kier alpha value is -0.820. The third-order valence-electron chi connectivity index (χ3n) is 3.47. The number of hydrogen-bond donors (Lipinski definition) is 1. The van der Waals surface area contributed by atoms with E-state index in [-0.39, 0.29) is 24.2 Å². The minimum Gasteiger partial charge on any atom is -0.497 e. The smallest absolute Gasteiger partial charge is 0.218 e. The van der Waals surface area contributed by atoms with E-state index >= 15 is 0 Å². The van der Waals surface area contributed by atoms with Gasteiger partial charge in [0.2, 0.25) is 10.0 Å². The number of methoxy groups -OCH3 is 1. The topological polar surface area (TPSA) is 58.6 Å². The molecule has 1 unspecified atom stereocenters. The summed E-state index contributed by atoms with van der Waals surface area (Å²) in [4.78, 5) is 0. The second-order valence-corrected chi connectivity index (χ2v) is 6.80. The summed E-state index contributed by atoms with van der Waals surface area (Å²) < 4.78 is 31.3. The minimum atomic E-state index is -3.28. The molecule has 1 aromatic rings. The summed E-state index contributed by atoms with van der Waals surface area (Å²) in [5.74, 6) is 0.690. The van der Waals surface area contributed by atoms with Gasteiger partial charge in [-0.1, -0.05) is 12.1 Å². The van der Waals surface area contributed by atoms with Crippen LogP contribution in [0, 0.1) is 0 Å². The van der Waals surface area contributed by atoms with Crippen molar-refractivity contribution < 1.29 is 13.2 Å². The van der Waals surface area contributed by atoms with E-state index in [1.165, 1.54) is 4.31 Å². The molecule has 0 amide bonds. The molecule has 5 nitrogen and oxygen atoms in total. The van der Waals surface area contributed by atoms with Gasteiger partial charge in [0, 0.05) is 19.6 Å². The first-order chi connectivity index (χ1) is 9.03. The van der Waals surface area contributed by atoms with Gasteiger partial charge in [0.05, 0.1) is 12.9 Å². The highest BCUT2D eigenvalue weighted by Gasteiger charge is 2.28. The van der Waals surface area contributed by atoms with Crippen molar-refractivity contribution in [2.75, 3.05) is 27.2 Å². The summed E-state index contributed by atoms with van der Waals surface area (Å²) in [5.41, 5.74) is 0.747. The number of benzene rings is 1. The van der Waals surface area contributed by atoms with Crippen molar-refractivity contribution in [3.05, 3.63) is 29.8 Å². The first-order valence-corrected chi connectivity index (χ1v) is 7.93. The molecule has 7 heteroatoms. The normalized spacial score (nSPS) is 18.9. The van der Waals surface area contributed by atoms with Gasteiger partial charge in [-0.15, -0.1) is 12.4 Å². The zero-order valence-electron chi connectivity index (χ0n) is 11.7. The largest absolute Gasteiger partial charge is 0.497 e. The fourth-order valence-corrected chi connectivity index (χ4v) is 3.69. The summed E-state index contributed by atoms with van der Waals surface area (Å²) in [5, 5.41) is 3.18. The molecule has 1 N–H and O–H groups in total. The van der Waals surface area contributed by atoms with Crippen molar-refractivity contribution in [1.29, 1.82) is 0 Å². The number of ether oxygens (including phenoxy) is 1. The van der Waals surface area contributed by atoms with Crippen LogP contribution in [-0.4, -0.2) is 46.0 Å². The van der Waals surface area contributed by atoms with Crippen molar-refractivity contribution in [2.45, 2.75) is 18.2 Å². The van der Waals surface area contributed by atoms with Crippen LogP contribution in [0.15, 0.2) is 24.3 Å². The van der Waals surface area contributed by atoms with Gasteiger partial charge in [-0.05, 0) is 30.7 Å². The Morgan fingerprint density at radius 3 is 2.80 bits per heavy atom. The van der Waals surface area contributed by atoms with E-state index in [9.17, 15) is 8.42 Å². The molecule has 0 saturated carbocycles. The van der Waals surface area contributed by atoms with Crippen LogP contribution in [0.3, 0.4) is 0 Å². The van der Waals surface area contributed by atoms with Gasteiger partial charge in [-0.3, -0.25) is 0 Å². The summed E-state index contributed by atoms with van der Waals surface area (Å²) in [7, 11) is -0.0507. The van der Waals surface area contributed by atoms with Gasteiger partial charge in [-0.2, -0.15) is 0 Å². The Balaban J connectivity index is 0.00000200. The fraction of sp³-hybridized carbons (Fsp3) is 0.538. The van der Waals surface area contributed by atoms with Gasteiger partial charge in [0.1, 0.15) is 5.75 Å². The second kappa shape index (κ2) is 7.26. The lowest BCUT2D eigenvalue weighted by Crippen LogP contribution is -2.38. The highest BCUT2D eigenvalue weighted by atomic mass is 35.5. The van der Waals surface area contributed by atoms with Crippen LogP contribution in [0.4, 0.5) is 0 Å². The van der Waals surface area contributed by atoms with E-state index < -0.39 is 10.0 Å². The summed E-state index contributed by atoms with van der Waals surface area (Å²) in [6.07, 6.45) is 0.869. The van der Waals surface area contributed by atoms with Crippen LogP contribution < -0.4 is 10.1 Å². The molecule has 1 aliphatic rings. The van der Waals surface area contributed by atoms with Gasteiger partial charge in [-0.25, -0.2) is 12.7 Å². The quantitative estimate of drug-likeness (QED) is 0.887. The monoisotopic (exact) mass is 320 g/mol. The van der Waals surface area contributed by atoms with Gasteiger partial charge in [0.15, 0.2) is 0 Å². The van der Waals surface area contributed by atoms with Crippen molar-refractivity contribution >= 4 is 22.4 Å². The number of nitrogens with one attached hydrogen (secondary N) is 1. The van der Waals surface area contributed by atoms with E-state index in [0.29, 0.717) is 5.75 Å². The lowest BCUT2D eigenvalue weighted by Gasteiger charge is -2.23. The van der Waals surface area contributed by atoms with Gasteiger partial charge < -0.3 is 10.1 Å². The van der Waals surface area contributed by atoms with Crippen LogP contribution in [0.2, 0.25) is 0 Å². The molecule has 114 valence electrons. The highest BCUT2D eigenvalue weighted by molar-refractivity contribution is 7.88. The number of likely N-dealkylation sites (N-methyl/N-ethyl adjacent to an activating group) is 1. The maximum atomic E-state index is 12.3. The standard InChI is InChI=1S/C13H20N2O3S.ClH/c1-15(12-6-7-14-9-12)19(16,17)10-11-4-3-5-13(8-11)18-2;/h3-5,8,12,14H,6-7,9-10H2,1-2H3;1H. The summed E-state index contributed by atoms with van der Waals surface area (Å²) in [6, 6.07) is 7.25. The highest BCUT2D eigenvalue weighted by Crippen LogP contribution is 2.18. The molecule has 1 aliphatic heterocycles. The molecule has 0 radical (unpaired) electrons. The maximum absolute atomic E-state index is 12.3. The number of rotatable bonds is 5. The molecular weight excluding hydrogens is 300 g/mol. The molecule has 2 rings (SSSR count). The summed E-state index contributed by atoms with van der Waals surface area (Å²) >= 11 is 0. The molecule has 1 aromatic carbocycles. The van der Waals surface area contributed by atoms with Crippen LogP contribution >= 0.6 is 12.4 Å². The maximum Gasteiger partial charge on any atom is 0.218 e. The molecule has 0 spiro atoms. The van der Waals surface area contributed by atoms with Crippen LogP contribution in [0.5, 0.6) is 5.75 Å². The minimum absolute atomic E-state index is 0. The number of hydrogen-bond acceptors (Lipinski definition) is 4. The molecule has 20 heavy (non-hydrogen) atoms. The lowest BCUT2D eigenvalue weighted by atomic mass is 10.2. The Labute approximate surface area is 126 Å². The van der Waals surface area contributed by atoms with Gasteiger partial charge in [0.25, 0.3) is 0 Å². The van der Waals surface area contributed by atoms with E-state index in [4.69, 9.17) is 4.74 Å². The number of halogens is 1. The van der Waals surface area contributed by atoms with Crippen molar-refractivity contribution in [1.82, 2.24) is 9.62 Å². The zero-order valence-corrected chi connectivity index (χ0v) is 13.3. The molecule has 1 saturated heterocycles. The predicted molar refractivity (Wildman–Crippen MR) is 81.9 cm³/mol. The van der Waals surface area contributed by atoms with E-state index in [0.717, 1.165) is 25.1 Å². The molecule has 0 aromatic heterocycles. The molecule has 1 atom stereocenters. The van der Waals surface area contributed by atoms with E-state index in [1.807, 2.05) is 0 Å². The zero-order chi connectivity index (χ0) is 13.9. The molecule has 0 aliphatic carbocycles. The third kappa shape index (κ3) is 4.09. The van der Waals surface area contributed by atoms with Crippen LogP contribution in [-0.2, 0) is 15.8 Å². The predicted octanol–water partition coefficient (Wildman–Crippen LogP) is 1.24. The average molecular weight is 321 g/mol. The van der Waals surface area contributed by atoms with E-state index in [1.54, 1.807) is 38.4 Å². The molecule has 1 heterocycles. The Bertz CT molecular complexity index is 530. The van der Waals surface area contributed by atoms with E-state index in [2.05, 4.69) is 5.32 Å². The SMILES string of the molecule is COc1cccc(CS(=O)(=O)N(C)C2CCNC2)c1.Cl.